The van der Waals surface area contributed by atoms with E-state index >= 15 is 0 Å². The average Bonchev–Trinajstić information content (AvgIpc) is 3.26. The van der Waals surface area contributed by atoms with E-state index in [0.717, 1.165) is 22.1 Å². The van der Waals surface area contributed by atoms with Crippen molar-refractivity contribution in [1.29, 1.82) is 0 Å². The zero-order valence-corrected chi connectivity index (χ0v) is 15.0. The van der Waals surface area contributed by atoms with Gasteiger partial charge in [-0.05, 0) is 41.3 Å². The second kappa shape index (κ2) is 8.22. The molecule has 0 spiro atoms. The summed E-state index contributed by atoms with van der Waals surface area (Å²) in [5, 5.41) is 6.09. The molecular formula is C23H18N2O3. The normalized spacial score (nSPS) is 11.0. The summed E-state index contributed by atoms with van der Waals surface area (Å²) in [4.78, 5) is 12.3. The van der Waals surface area contributed by atoms with Crippen molar-refractivity contribution in [3.05, 3.63) is 102 Å². The van der Waals surface area contributed by atoms with E-state index in [9.17, 15) is 4.79 Å². The Balaban J connectivity index is 1.42. The molecule has 0 aliphatic carbocycles. The van der Waals surface area contributed by atoms with Crippen LogP contribution in [0, 0.1) is 0 Å². The molecule has 5 nitrogen and oxygen atoms in total. The maximum absolute atomic E-state index is 12.3. The number of amides is 1. The number of ether oxygens (including phenoxy) is 1. The molecule has 3 aromatic carbocycles. The molecule has 0 aliphatic heterocycles. The van der Waals surface area contributed by atoms with Crippen molar-refractivity contribution in [2.75, 3.05) is 0 Å². The molecule has 0 fully saturated rings. The van der Waals surface area contributed by atoms with Gasteiger partial charge in [0.25, 0.3) is 5.91 Å². The second-order valence-electron chi connectivity index (χ2n) is 6.18. The molecule has 0 radical (unpaired) electrons. The first-order valence-electron chi connectivity index (χ1n) is 8.86. The highest BCUT2D eigenvalue weighted by Gasteiger charge is 2.07. The van der Waals surface area contributed by atoms with Crippen LogP contribution < -0.4 is 10.2 Å². The van der Waals surface area contributed by atoms with Gasteiger partial charge in [-0.15, -0.1) is 0 Å². The number of hydrazone groups is 1. The third-order valence-electron chi connectivity index (χ3n) is 4.23. The Labute approximate surface area is 162 Å². The largest absolute Gasteiger partial charge is 0.488 e. The minimum Gasteiger partial charge on any atom is -0.488 e. The lowest BCUT2D eigenvalue weighted by atomic mass is 10.1. The summed E-state index contributed by atoms with van der Waals surface area (Å²) >= 11 is 0. The zero-order chi connectivity index (χ0) is 19.2. The van der Waals surface area contributed by atoms with Crippen molar-refractivity contribution < 1.29 is 13.9 Å². The number of nitrogens with one attached hydrogen (secondary N) is 1. The van der Waals surface area contributed by atoms with Crippen molar-refractivity contribution in [2.24, 2.45) is 5.10 Å². The topological polar surface area (TPSA) is 63.8 Å². The number of fused-ring (bicyclic) bond motifs is 1. The highest BCUT2D eigenvalue weighted by molar-refractivity contribution is 5.94. The summed E-state index contributed by atoms with van der Waals surface area (Å²) < 4.78 is 11.1. The van der Waals surface area contributed by atoms with Crippen LogP contribution in [0.15, 0.2) is 94.6 Å². The maximum atomic E-state index is 12.3. The van der Waals surface area contributed by atoms with E-state index in [1.807, 2.05) is 42.5 Å². The fraction of sp³-hybridized carbons (Fsp3) is 0.0435. The van der Waals surface area contributed by atoms with Crippen molar-refractivity contribution >= 4 is 22.9 Å². The monoisotopic (exact) mass is 370 g/mol. The first-order valence-corrected chi connectivity index (χ1v) is 8.86. The summed E-state index contributed by atoms with van der Waals surface area (Å²) in [7, 11) is 0. The third-order valence-corrected chi connectivity index (χ3v) is 4.23. The van der Waals surface area contributed by atoms with Crippen LogP contribution in [0.3, 0.4) is 0 Å². The summed E-state index contributed by atoms with van der Waals surface area (Å²) in [6, 6.07) is 24.8. The van der Waals surface area contributed by atoms with E-state index < -0.39 is 0 Å². The summed E-state index contributed by atoms with van der Waals surface area (Å²) in [6.45, 7) is 0.366. The molecule has 4 aromatic rings. The lowest BCUT2D eigenvalue weighted by molar-refractivity contribution is 0.0955. The molecule has 138 valence electrons. The Kier molecular flexibility index (Phi) is 5.15. The summed E-state index contributed by atoms with van der Waals surface area (Å²) in [5.41, 5.74) is 3.90. The zero-order valence-electron chi connectivity index (χ0n) is 15.0. The first-order chi connectivity index (χ1) is 13.8. The molecule has 5 heteroatoms. The number of hydrogen-bond donors (Lipinski definition) is 1. The Morgan fingerprint density at radius 2 is 1.86 bits per heavy atom. The fourth-order valence-electron chi connectivity index (χ4n) is 2.87. The highest BCUT2D eigenvalue weighted by Crippen LogP contribution is 2.26. The fourth-order valence-corrected chi connectivity index (χ4v) is 2.87. The molecule has 4 rings (SSSR count). The maximum Gasteiger partial charge on any atom is 0.271 e. The van der Waals surface area contributed by atoms with Gasteiger partial charge < -0.3 is 9.15 Å². The lowest BCUT2D eigenvalue weighted by Gasteiger charge is -2.10. The Bertz CT molecular complexity index is 1110. The van der Waals surface area contributed by atoms with Gasteiger partial charge in [0.1, 0.15) is 18.1 Å². The van der Waals surface area contributed by atoms with E-state index in [-0.39, 0.29) is 5.91 Å². The van der Waals surface area contributed by atoms with Gasteiger partial charge in [-0.3, -0.25) is 4.79 Å². The van der Waals surface area contributed by atoms with E-state index in [0.29, 0.717) is 17.9 Å². The van der Waals surface area contributed by atoms with Crippen LogP contribution in [0.1, 0.15) is 21.7 Å². The lowest BCUT2D eigenvalue weighted by Crippen LogP contribution is -2.17. The molecule has 1 N–H and O–H groups in total. The predicted octanol–water partition coefficient (Wildman–Crippen LogP) is 4.78. The molecule has 0 bridgehead atoms. The van der Waals surface area contributed by atoms with Gasteiger partial charge in [0.15, 0.2) is 0 Å². The van der Waals surface area contributed by atoms with Gasteiger partial charge in [0.2, 0.25) is 0 Å². The number of carbonyl (C=O) groups is 1. The van der Waals surface area contributed by atoms with Crippen LogP contribution >= 0.6 is 0 Å². The van der Waals surface area contributed by atoms with E-state index in [1.165, 1.54) is 6.21 Å². The van der Waals surface area contributed by atoms with Crippen LogP contribution in [-0.2, 0) is 6.61 Å². The minimum atomic E-state index is -0.296. The van der Waals surface area contributed by atoms with Crippen LogP contribution in [0.25, 0.3) is 10.8 Å². The molecule has 0 atom stereocenters. The van der Waals surface area contributed by atoms with Crippen LogP contribution in [-0.4, -0.2) is 12.1 Å². The van der Waals surface area contributed by atoms with Crippen LogP contribution in [0.2, 0.25) is 0 Å². The smallest absolute Gasteiger partial charge is 0.271 e. The molecule has 1 amide bonds. The van der Waals surface area contributed by atoms with Crippen LogP contribution in [0.4, 0.5) is 0 Å². The minimum absolute atomic E-state index is 0.296. The third kappa shape index (κ3) is 4.10. The van der Waals surface area contributed by atoms with E-state index in [4.69, 9.17) is 9.15 Å². The van der Waals surface area contributed by atoms with Crippen molar-refractivity contribution in [3.63, 3.8) is 0 Å². The number of rotatable bonds is 6. The number of nitrogens with zero attached hydrogens (tertiary/aromatic N) is 1. The molecule has 0 unspecified atom stereocenters. The average molecular weight is 370 g/mol. The molecular weight excluding hydrogens is 352 g/mol. The molecule has 0 aliphatic rings. The van der Waals surface area contributed by atoms with E-state index in [1.54, 1.807) is 30.5 Å². The Morgan fingerprint density at radius 1 is 1.00 bits per heavy atom. The van der Waals surface area contributed by atoms with Gasteiger partial charge in [-0.1, -0.05) is 48.5 Å². The van der Waals surface area contributed by atoms with Gasteiger partial charge in [-0.2, -0.15) is 5.10 Å². The second-order valence-corrected chi connectivity index (χ2v) is 6.18. The van der Waals surface area contributed by atoms with Crippen molar-refractivity contribution in [3.8, 4) is 5.75 Å². The number of hydrogen-bond acceptors (Lipinski definition) is 4. The number of furan rings is 1. The molecule has 1 aromatic heterocycles. The van der Waals surface area contributed by atoms with E-state index in [2.05, 4.69) is 22.7 Å². The predicted molar refractivity (Wildman–Crippen MR) is 108 cm³/mol. The number of benzene rings is 3. The molecule has 1 heterocycles. The summed E-state index contributed by atoms with van der Waals surface area (Å²) in [6.07, 6.45) is 2.99. The van der Waals surface area contributed by atoms with Gasteiger partial charge in [-0.25, -0.2) is 5.43 Å². The highest BCUT2D eigenvalue weighted by atomic mass is 16.5. The molecule has 0 saturated heterocycles. The van der Waals surface area contributed by atoms with Crippen molar-refractivity contribution in [1.82, 2.24) is 5.43 Å². The van der Waals surface area contributed by atoms with Gasteiger partial charge in [0.05, 0.1) is 12.5 Å². The standard InChI is InChI=1S/C23H18N2O3/c26-23(25-24-15-20-10-5-13-27-20)19-9-3-6-17(14-19)16-28-22-12-4-8-18-7-1-2-11-21(18)22/h1-15H,16H2,(H,25,26). The SMILES string of the molecule is O=C(NN=Cc1ccco1)c1cccc(COc2cccc3ccccc23)c1. The number of carbonyl (C=O) groups excluding carboxylic acids is 1. The first kappa shape index (κ1) is 17.5. The molecule has 0 saturated carbocycles. The van der Waals surface area contributed by atoms with Gasteiger partial charge >= 0.3 is 0 Å². The van der Waals surface area contributed by atoms with Gasteiger partial charge in [0, 0.05) is 10.9 Å². The Morgan fingerprint density at radius 3 is 2.75 bits per heavy atom. The quantitative estimate of drug-likeness (QED) is 0.393. The Hall–Kier alpha value is -3.86. The van der Waals surface area contributed by atoms with Crippen molar-refractivity contribution in [2.45, 2.75) is 6.61 Å². The molecule has 28 heavy (non-hydrogen) atoms. The van der Waals surface area contributed by atoms with Crippen LogP contribution in [0.5, 0.6) is 5.75 Å². The summed E-state index contributed by atoms with van der Waals surface area (Å²) in [5.74, 6) is 1.09.